The van der Waals surface area contributed by atoms with E-state index in [1.165, 1.54) is 18.4 Å². The van der Waals surface area contributed by atoms with Crippen molar-refractivity contribution in [2.75, 3.05) is 32.8 Å². The maximum Gasteiger partial charge on any atom is 0.234 e. The second-order valence-electron chi connectivity index (χ2n) is 6.59. The summed E-state index contributed by atoms with van der Waals surface area (Å²) in [6.07, 6.45) is 5.56. The number of hydrogen-bond acceptors (Lipinski definition) is 3. The van der Waals surface area contributed by atoms with Gasteiger partial charge < -0.3 is 10.1 Å². The molecule has 1 saturated carbocycles. The van der Waals surface area contributed by atoms with Crippen LogP contribution in [-0.4, -0.2) is 49.2 Å². The molecule has 5 heteroatoms. The number of rotatable bonds is 5. The number of nitrogens with one attached hydrogen (secondary N) is 1. The van der Waals surface area contributed by atoms with Gasteiger partial charge in [0.2, 0.25) is 5.91 Å². The van der Waals surface area contributed by atoms with E-state index in [9.17, 15) is 4.79 Å². The zero-order chi connectivity index (χ0) is 15.3. The van der Waals surface area contributed by atoms with Crippen molar-refractivity contribution in [2.24, 2.45) is 0 Å². The van der Waals surface area contributed by atoms with Gasteiger partial charge in [0, 0.05) is 18.6 Å². The molecule has 1 amide bonds. The summed E-state index contributed by atoms with van der Waals surface area (Å²) in [5.74, 6) is 0.166. The van der Waals surface area contributed by atoms with Gasteiger partial charge in [-0.1, -0.05) is 43.2 Å². The Morgan fingerprint density at radius 3 is 2.43 bits per heavy atom. The summed E-state index contributed by atoms with van der Waals surface area (Å²) in [6, 6.07) is 10.5. The van der Waals surface area contributed by atoms with Gasteiger partial charge in [-0.05, 0) is 24.8 Å². The van der Waals surface area contributed by atoms with Crippen LogP contribution in [0.5, 0.6) is 0 Å². The first kappa shape index (κ1) is 18.2. The molecule has 0 atom stereocenters. The van der Waals surface area contributed by atoms with Crippen LogP contribution < -0.4 is 5.32 Å². The van der Waals surface area contributed by atoms with Crippen molar-refractivity contribution in [3.05, 3.63) is 35.9 Å². The Morgan fingerprint density at radius 1 is 1.13 bits per heavy atom. The molecule has 23 heavy (non-hydrogen) atoms. The molecule has 0 aromatic heterocycles. The lowest BCUT2D eigenvalue weighted by molar-refractivity contribution is -0.125. The second kappa shape index (κ2) is 8.67. The molecule has 2 aliphatic rings. The van der Waals surface area contributed by atoms with Gasteiger partial charge in [-0.2, -0.15) is 0 Å². The van der Waals surface area contributed by atoms with Gasteiger partial charge in [0.25, 0.3) is 0 Å². The Labute approximate surface area is 145 Å². The summed E-state index contributed by atoms with van der Waals surface area (Å²) >= 11 is 0. The number of hydrogen-bond donors (Lipinski definition) is 1. The average Bonchev–Trinajstić information content (AvgIpc) is 2.97. The number of carbonyl (C=O) groups excluding carboxylic acids is 1. The van der Waals surface area contributed by atoms with Crippen LogP contribution in [0.15, 0.2) is 30.3 Å². The SMILES string of the molecule is Cl.O=C(CN1CCOCC1)NC1(Cc2ccccc2)CCCC1. The van der Waals surface area contributed by atoms with Crippen molar-refractivity contribution in [3.63, 3.8) is 0 Å². The van der Waals surface area contributed by atoms with E-state index < -0.39 is 0 Å². The quantitative estimate of drug-likeness (QED) is 0.896. The molecule has 0 unspecified atom stereocenters. The number of nitrogens with zero attached hydrogens (tertiary/aromatic N) is 1. The van der Waals surface area contributed by atoms with E-state index in [0.717, 1.165) is 45.6 Å². The molecule has 1 heterocycles. The highest BCUT2D eigenvalue weighted by Crippen LogP contribution is 2.32. The highest BCUT2D eigenvalue weighted by molar-refractivity contribution is 5.85. The zero-order valence-corrected chi connectivity index (χ0v) is 14.4. The Morgan fingerprint density at radius 2 is 1.78 bits per heavy atom. The summed E-state index contributed by atoms with van der Waals surface area (Å²) in [6.45, 7) is 3.70. The fraction of sp³-hybridized carbons (Fsp3) is 0.611. The van der Waals surface area contributed by atoms with Crippen LogP contribution in [0.3, 0.4) is 0 Å². The third-order valence-electron chi connectivity index (χ3n) is 4.82. The number of amides is 1. The van der Waals surface area contributed by atoms with E-state index >= 15 is 0 Å². The number of benzene rings is 1. The highest BCUT2D eigenvalue weighted by Gasteiger charge is 2.35. The molecule has 1 aromatic carbocycles. The lowest BCUT2D eigenvalue weighted by Crippen LogP contribution is -2.52. The molecule has 1 saturated heterocycles. The third-order valence-corrected chi connectivity index (χ3v) is 4.82. The molecule has 0 spiro atoms. The van der Waals surface area contributed by atoms with Crippen LogP contribution in [0.4, 0.5) is 0 Å². The summed E-state index contributed by atoms with van der Waals surface area (Å²) in [5, 5.41) is 3.37. The molecule has 4 nitrogen and oxygen atoms in total. The van der Waals surface area contributed by atoms with Crippen molar-refractivity contribution >= 4 is 18.3 Å². The molecule has 1 aliphatic heterocycles. The van der Waals surface area contributed by atoms with E-state index in [0.29, 0.717) is 6.54 Å². The predicted molar refractivity (Wildman–Crippen MR) is 94.0 cm³/mol. The standard InChI is InChI=1S/C18H26N2O2.ClH/c21-17(15-20-10-12-22-13-11-20)19-18(8-4-5-9-18)14-16-6-2-1-3-7-16;/h1-3,6-7H,4-5,8-15H2,(H,19,21);1H. The van der Waals surface area contributed by atoms with Crippen LogP contribution in [0.25, 0.3) is 0 Å². The summed E-state index contributed by atoms with van der Waals surface area (Å²) in [7, 11) is 0. The first-order chi connectivity index (χ1) is 10.8. The van der Waals surface area contributed by atoms with E-state index in [1.54, 1.807) is 0 Å². The van der Waals surface area contributed by atoms with Gasteiger partial charge in [-0.25, -0.2) is 0 Å². The molecule has 128 valence electrons. The molecular formula is C18H27ClN2O2. The van der Waals surface area contributed by atoms with E-state index in [4.69, 9.17) is 4.74 Å². The van der Waals surface area contributed by atoms with Gasteiger partial charge >= 0.3 is 0 Å². The average molecular weight is 339 g/mol. The van der Waals surface area contributed by atoms with Gasteiger partial charge in [0.15, 0.2) is 0 Å². The Bertz CT molecular complexity index is 483. The molecule has 1 N–H and O–H groups in total. The first-order valence-electron chi connectivity index (χ1n) is 8.41. The maximum absolute atomic E-state index is 12.5. The topological polar surface area (TPSA) is 41.6 Å². The van der Waals surface area contributed by atoms with Gasteiger partial charge in [-0.15, -0.1) is 12.4 Å². The lowest BCUT2D eigenvalue weighted by atomic mass is 9.89. The second-order valence-corrected chi connectivity index (χ2v) is 6.59. The largest absolute Gasteiger partial charge is 0.379 e. The summed E-state index contributed by atoms with van der Waals surface area (Å²) in [5.41, 5.74) is 1.28. The van der Waals surface area contributed by atoms with Crippen molar-refractivity contribution in [1.82, 2.24) is 10.2 Å². The minimum atomic E-state index is -0.0370. The number of morpholine rings is 1. The highest BCUT2D eigenvalue weighted by atomic mass is 35.5. The predicted octanol–water partition coefficient (Wildman–Crippen LogP) is 2.41. The minimum absolute atomic E-state index is 0. The monoisotopic (exact) mass is 338 g/mol. The number of carbonyl (C=O) groups is 1. The van der Waals surface area contributed by atoms with Gasteiger partial charge in [-0.3, -0.25) is 9.69 Å². The fourth-order valence-electron chi connectivity index (χ4n) is 3.68. The normalized spacial score (nSPS) is 20.7. The molecular weight excluding hydrogens is 312 g/mol. The van der Waals surface area contributed by atoms with Crippen LogP contribution in [0, 0.1) is 0 Å². The van der Waals surface area contributed by atoms with Gasteiger partial charge in [0.1, 0.15) is 0 Å². The van der Waals surface area contributed by atoms with Gasteiger partial charge in [0.05, 0.1) is 19.8 Å². The summed E-state index contributed by atoms with van der Waals surface area (Å²) < 4.78 is 5.34. The van der Waals surface area contributed by atoms with E-state index in [-0.39, 0.29) is 23.9 Å². The Kier molecular flexibility index (Phi) is 6.88. The number of ether oxygens (including phenoxy) is 1. The minimum Gasteiger partial charge on any atom is -0.379 e. The Hall–Kier alpha value is -1.10. The van der Waals surface area contributed by atoms with Crippen LogP contribution >= 0.6 is 12.4 Å². The summed E-state index contributed by atoms with van der Waals surface area (Å²) in [4.78, 5) is 14.7. The lowest BCUT2D eigenvalue weighted by Gasteiger charge is -2.33. The van der Waals surface area contributed by atoms with Crippen molar-refractivity contribution in [2.45, 2.75) is 37.6 Å². The number of halogens is 1. The molecule has 0 bridgehead atoms. The van der Waals surface area contributed by atoms with Crippen LogP contribution in [0.1, 0.15) is 31.2 Å². The molecule has 0 radical (unpaired) electrons. The zero-order valence-electron chi connectivity index (χ0n) is 13.6. The van der Waals surface area contributed by atoms with E-state index in [1.807, 2.05) is 6.07 Å². The van der Waals surface area contributed by atoms with Crippen molar-refractivity contribution in [3.8, 4) is 0 Å². The van der Waals surface area contributed by atoms with Crippen molar-refractivity contribution < 1.29 is 9.53 Å². The van der Waals surface area contributed by atoms with Crippen LogP contribution in [0.2, 0.25) is 0 Å². The first-order valence-corrected chi connectivity index (χ1v) is 8.41. The molecule has 2 fully saturated rings. The third kappa shape index (κ3) is 5.20. The maximum atomic E-state index is 12.5. The van der Waals surface area contributed by atoms with E-state index in [2.05, 4.69) is 34.5 Å². The fourth-order valence-corrected chi connectivity index (χ4v) is 3.68. The van der Waals surface area contributed by atoms with Crippen LogP contribution in [-0.2, 0) is 16.0 Å². The molecule has 1 aliphatic carbocycles. The van der Waals surface area contributed by atoms with Crippen molar-refractivity contribution in [1.29, 1.82) is 0 Å². The smallest absolute Gasteiger partial charge is 0.234 e. The molecule has 1 aromatic rings. The Balaban J connectivity index is 0.00000192. The molecule has 3 rings (SSSR count).